The highest BCUT2D eigenvalue weighted by Crippen LogP contribution is 2.06. The molecule has 0 bridgehead atoms. The number of carbonyl (C=O) groups excluding carboxylic acids is 2. The number of primary amides is 1. The van der Waals surface area contributed by atoms with Gasteiger partial charge >= 0.3 is 5.97 Å². The first-order valence-electron chi connectivity index (χ1n) is 3.92. The Morgan fingerprint density at radius 1 is 1.07 bits per heavy atom. The second kappa shape index (κ2) is 5.61. The molecule has 0 aromatic heterocycles. The van der Waals surface area contributed by atoms with E-state index in [4.69, 9.17) is 20.4 Å². The van der Waals surface area contributed by atoms with E-state index in [2.05, 4.69) is 10.5 Å². The molecule has 8 heteroatoms. The summed E-state index contributed by atoms with van der Waals surface area (Å²) in [5.74, 6) is -2.50. The zero-order valence-corrected chi connectivity index (χ0v) is 7.90. The van der Waals surface area contributed by atoms with Crippen LogP contribution in [-0.2, 0) is 14.3 Å². The van der Waals surface area contributed by atoms with Gasteiger partial charge in [0.2, 0.25) is 5.91 Å². The third kappa shape index (κ3) is 3.44. The topological polar surface area (TPSA) is 150 Å². The van der Waals surface area contributed by atoms with Crippen LogP contribution in [0.5, 0.6) is 0 Å². The van der Waals surface area contributed by atoms with Crippen molar-refractivity contribution >= 4 is 11.9 Å². The number of aliphatic hydroxyl groups excluding tert-OH is 4. The van der Waals surface area contributed by atoms with Gasteiger partial charge in [-0.05, 0) is 0 Å². The maximum Gasteiger partial charge on any atom is 0.337 e. The van der Waals surface area contributed by atoms with Crippen molar-refractivity contribution in [1.82, 2.24) is 0 Å². The van der Waals surface area contributed by atoms with Gasteiger partial charge in [-0.15, -0.1) is 0 Å². The number of hydrogen-bond acceptors (Lipinski definition) is 7. The summed E-state index contributed by atoms with van der Waals surface area (Å²) in [6.45, 7) is 0. The Balaban J connectivity index is 4.49. The average Bonchev–Trinajstić information content (AvgIpc) is 2.23. The molecule has 0 aromatic carbocycles. The monoisotopic (exact) mass is 223 g/mol. The molecule has 0 aliphatic rings. The summed E-state index contributed by atoms with van der Waals surface area (Å²) in [4.78, 5) is 21.1. The van der Waals surface area contributed by atoms with Crippen molar-refractivity contribution in [2.24, 2.45) is 5.73 Å². The summed E-state index contributed by atoms with van der Waals surface area (Å²) < 4.78 is 4.07. The number of ether oxygens (including phenoxy) is 1. The SMILES string of the molecule is COC(=O)[C@@H](O)[C@H](O)[C@H](O)[C@@H](O)C(N)=O. The second-order valence-electron chi connectivity index (χ2n) is 2.80. The maximum absolute atomic E-state index is 10.7. The Kier molecular flexibility index (Phi) is 5.15. The van der Waals surface area contributed by atoms with Crippen LogP contribution in [0.2, 0.25) is 0 Å². The number of rotatable bonds is 5. The highest BCUT2D eigenvalue weighted by Gasteiger charge is 2.37. The minimum absolute atomic E-state index is 0.954. The molecule has 0 heterocycles. The highest BCUT2D eigenvalue weighted by atomic mass is 16.5. The fourth-order valence-corrected chi connectivity index (χ4v) is 0.802. The third-order valence-electron chi connectivity index (χ3n) is 1.73. The average molecular weight is 223 g/mol. The Morgan fingerprint density at radius 3 is 1.80 bits per heavy atom. The molecule has 0 unspecified atom stereocenters. The molecule has 0 fully saturated rings. The van der Waals surface area contributed by atoms with E-state index < -0.39 is 36.3 Å². The Hall–Kier alpha value is -1.22. The molecule has 0 spiro atoms. The first kappa shape index (κ1) is 13.8. The van der Waals surface area contributed by atoms with Crippen LogP contribution >= 0.6 is 0 Å². The normalized spacial score (nSPS) is 18.7. The van der Waals surface area contributed by atoms with Crippen molar-refractivity contribution in [2.45, 2.75) is 24.4 Å². The highest BCUT2D eigenvalue weighted by molar-refractivity contribution is 5.80. The lowest BCUT2D eigenvalue weighted by atomic mass is 10.0. The van der Waals surface area contributed by atoms with Crippen LogP contribution < -0.4 is 5.73 Å². The molecular formula is C7H13NO7. The molecular weight excluding hydrogens is 210 g/mol. The van der Waals surface area contributed by atoms with E-state index in [9.17, 15) is 9.59 Å². The third-order valence-corrected chi connectivity index (χ3v) is 1.73. The van der Waals surface area contributed by atoms with E-state index in [1.54, 1.807) is 0 Å². The molecule has 0 saturated carbocycles. The summed E-state index contributed by atoms with van der Waals surface area (Å²) in [5, 5.41) is 36.2. The molecule has 0 aliphatic carbocycles. The minimum Gasteiger partial charge on any atom is -0.467 e. The molecule has 0 radical (unpaired) electrons. The number of aliphatic hydroxyl groups is 4. The molecule has 0 aliphatic heterocycles. The zero-order valence-electron chi connectivity index (χ0n) is 7.90. The Labute approximate surface area is 84.9 Å². The number of esters is 1. The van der Waals surface area contributed by atoms with Gasteiger partial charge in [-0.1, -0.05) is 0 Å². The summed E-state index contributed by atoms with van der Waals surface area (Å²) in [6.07, 6.45) is -8.30. The first-order chi connectivity index (χ1) is 6.82. The second-order valence-corrected chi connectivity index (χ2v) is 2.80. The van der Waals surface area contributed by atoms with Crippen LogP contribution in [0, 0.1) is 0 Å². The van der Waals surface area contributed by atoms with Crippen LogP contribution in [0.1, 0.15) is 0 Å². The summed E-state index contributed by atoms with van der Waals surface area (Å²) in [6, 6.07) is 0. The standard InChI is InChI=1S/C7H13NO7/c1-15-7(14)5(12)3(10)2(9)4(11)6(8)13/h2-5,9-12H,1H3,(H2,8,13)/t2-,3+,4+,5-/m0/s1. The van der Waals surface area contributed by atoms with Crippen molar-refractivity contribution in [2.75, 3.05) is 7.11 Å². The molecule has 88 valence electrons. The minimum atomic E-state index is -2.08. The fourth-order valence-electron chi connectivity index (χ4n) is 0.802. The van der Waals surface area contributed by atoms with E-state index in [0.29, 0.717) is 0 Å². The van der Waals surface area contributed by atoms with Crippen LogP contribution in [0.4, 0.5) is 0 Å². The van der Waals surface area contributed by atoms with E-state index in [0.717, 1.165) is 7.11 Å². The van der Waals surface area contributed by atoms with Crippen LogP contribution in [0.15, 0.2) is 0 Å². The smallest absolute Gasteiger partial charge is 0.337 e. The van der Waals surface area contributed by atoms with E-state index in [1.165, 1.54) is 0 Å². The number of hydrogen-bond donors (Lipinski definition) is 5. The fraction of sp³-hybridized carbons (Fsp3) is 0.714. The predicted octanol–water partition coefficient (Wildman–Crippen LogP) is -3.91. The van der Waals surface area contributed by atoms with Crippen molar-refractivity contribution < 1.29 is 34.8 Å². The number of methoxy groups -OCH3 is 1. The van der Waals surface area contributed by atoms with Gasteiger partial charge in [-0.25, -0.2) is 4.79 Å². The number of carbonyl (C=O) groups is 2. The predicted molar refractivity (Wildman–Crippen MR) is 45.2 cm³/mol. The van der Waals surface area contributed by atoms with Gasteiger partial charge in [0.1, 0.15) is 12.2 Å². The van der Waals surface area contributed by atoms with Gasteiger partial charge in [0.05, 0.1) is 7.11 Å². The number of amides is 1. The largest absolute Gasteiger partial charge is 0.467 e. The maximum atomic E-state index is 10.7. The lowest BCUT2D eigenvalue weighted by Crippen LogP contribution is -2.51. The number of nitrogens with two attached hydrogens (primary N) is 1. The molecule has 15 heavy (non-hydrogen) atoms. The quantitative estimate of drug-likeness (QED) is 0.299. The van der Waals surface area contributed by atoms with E-state index in [1.807, 2.05) is 0 Å². The van der Waals surface area contributed by atoms with Crippen molar-refractivity contribution in [3.05, 3.63) is 0 Å². The van der Waals surface area contributed by atoms with Crippen molar-refractivity contribution in [3.8, 4) is 0 Å². The van der Waals surface area contributed by atoms with Crippen molar-refractivity contribution in [1.29, 1.82) is 0 Å². The molecule has 0 rings (SSSR count). The van der Waals surface area contributed by atoms with Gasteiger partial charge in [0.15, 0.2) is 12.2 Å². The summed E-state index contributed by atoms with van der Waals surface area (Å²) >= 11 is 0. The summed E-state index contributed by atoms with van der Waals surface area (Å²) in [5.41, 5.74) is 4.63. The van der Waals surface area contributed by atoms with Gasteiger partial charge in [0.25, 0.3) is 0 Å². The van der Waals surface area contributed by atoms with Crippen molar-refractivity contribution in [3.63, 3.8) is 0 Å². The van der Waals surface area contributed by atoms with Crippen LogP contribution in [-0.4, -0.2) is 63.8 Å². The molecule has 8 nitrogen and oxygen atoms in total. The molecule has 6 N–H and O–H groups in total. The van der Waals surface area contributed by atoms with E-state index in [-0.39, 0.29) is 0 Å². The molecule has 4 atom stereocenters. The molecule has 0 saturated heterocycles. The van der Waals surface area contributed by atoms with Crippen LogP contribution in [0.3, 0.4) is 0 Å². The van der Waals surface area contributed by atoms with Gasteiger partial charge < -0.3 is 30.9 Å². The van der Waals surface area contributed by atoms with Gasteiger partial charge in [0, 0.05) is 0 Å². The molecule has 0 aromatic rings. The van der Waals surface area contributed by atoms with E-state index >= 15 is 0 Å². The summed E-state index contributed by atoms with van der Waals surface area (Å²) in [7, 11) is 0.954. The van der Waals surface area contributed by atoms with Gasteiger partial charge in [-0.3, -0.25) is 4.79 Å². The van der Waals surface area contributed by atoms with Crippen LogP contribution in [0.25, 0.3) is 0 Å². The molecule has 1 amide bonds. The lowest BCUT2D eigenvalue weighted by Gasteiger charge is -2.23. The zero-order chi connectivity index (χ0) is 12.2. The Bertz CT molecular complexity index is 243. The van der Waals surface area contributed by atoms with Gasteiger partial charge in [-0.2, -0.15) is 0 Å². The Morgan fingerprint density at radius 2 is 1.47 bits per heavy atom. The first-order valence-corrected chi connectivity index (χ1v) is 3.92. The lowest BCUT2D eigenvalue weighted by molar-refractivity contribution is -0.168.